The van der Waals surface area contributed by atoms with Gasteiger partial charge in [-0.2, -0.15) is 9.97 Å². The first kappa shape index (κ1) is 38.1. The van der Waals surface area contributed by atoms with E-state index >= 15 is 0 Å². The third-order valence-electron chi connectivity index (χ3n) is 7.17. The van der Waals surface area contributed by atoms with Crippen LogP contribution in [0.3, 0.4) is 0 Å². The third-order valence-corrected chi connectivity index (χ3v) is 10.8. The SMILES string of the molecule is CCCCCCCCCCCCCCCCSSCCCCOP(=O)(O)COC(CO)Cn1cnc2c(N)nc(N)nc21. The summed E-state index contributed by atoms with van der Waals surface area (Å²) in [6.07, 6.45) is 21.2. The summed E-state index contributed by atoms with van der Waals surface area (Å²) in [5.74, 6) is 2.32. The number of aromatic nitrogens is 4. The van der Waals surface area contributed by atoms with Crippen molar-refractivity contribution in [1.29, 1.82) is 0 Å². The number of ether oxygens (including phenoxy) is 1. The third kappa shape index (κ3) is 17.3. The molecule has 0 aromatic carbocycles. The Morgan fingerprint density at radius 2 is 1.44 bits per heavy atom. The Morgan fingerprint density at radius 1 is 0.884 bits per heavy atom. The van der Waals surface area contributed by atoms with E-state index in [2.05, 4.69) is 21.9 Å². The van der Waals surface area contributed by atoms with Gasteiger partial charge in [-0.1, -0.05) is 112 Å². The number of aliphatic hydroxyl groups excluding tert-OH is 1. The number of fused-ring (bicyclic) bond motifs is 1. The molecule has 0 saturated carbocycles. The van der Waals surface area contributed by atoms with E-state index in [0.29, 0.717) is 17.6 Å². The smallest absolute Gasteiger partial charge is 0.353 e. The summed E-state index contributed by atoms with van der Waals surface area (Å²) >= 11 is 0. The molecule has 0 spiro atoms. The largest absolute Gasteiger partial charge is 0.394 e. The van der Waals surface area contributed by atoms with Gasteiger partial charge in [0.05, 0.1) is 32.2 Å². The number of anilines is 2. The molecule has 6 N–H and O–H groups in total. The quantitative estimate of drug-likeness (QED) is 0.0412. The molecule has 0 amide bonds. The maximum Gasteiger partial charge on any atom is 0.353 e. The van der Waals surface area contributed by atoms with Gasteiger partial charge < -0.3 is 35.3 Å². The lowest BCUT2D eigenvalue weighted by molar-refractivity contribution is 0.0180. The molecule has 2 heterocycles. The molecule has 0 saturated heterocycles. The van der Waals surface area contributed by atoms with E-state index in [1.54, 1.807) is 4.57 Å². The van der Waals surface area contributed by atoms with Crippen molar-refractivity contribution < 1.29 is 23.8 Å². The predicted molar refractivity (Wildman–Crippen MR) is 181 cm³/mol. The van der Waals surface area contributed by atoms with Crippen molar-refractivity contribution in [3.8, 4) is 0 Å². The second-order valence-corrected chi connectivity index (χ2v) is 15.5. The zero-order chi connectivity index (χ0) is 31.2. The first-order chi connectivity index (χ1) is 20.9. The Morgan fingerprint density at radius 3 is 2.02 bits per heavy atom. The van der Waals surface area contributed by atoms with Gasteiger partial charge in [0.25, 0.3) is 0 Å². The van der Waals surface area contributed by atoms with Crippen molar-refractivity contribution in [3.05, 3.63) is 6.33 Å². The minimum atomic E-state index is -3.94. The number of hydrogen-bond acceptors (Lipinski definition) is 11. The summed E-state index contributed by atoms with van der Waals surface area (Å²) in [5, 5.41) is 9.70. The standard InChI is InChI=1S/C29H55N6O5PS2/c1-2-3-4-5-6-7-8-9-10-11-12-13-14-16-19-42-43-20-17-15-18-40-41(37,38)24-39-25(22-36)21-35-23-32-26-27(30)33-29(31)34-28(26)35/h23,25,36H,2-22,24H2,1H3,(H,37,38)(H4,30,31,33,34). The Labute approximate surface area is 266 Å². The first-order valence-corrected chi connectivity index (χ1v) is 20.3. The lowest BCUT2D eigenvalue weighted by atomic mass is 10.0. The van der Waals surface area contributed by atoms with E-state index in [1.165, 1.54) is 102 Å². The number of hydrogen-bond donors (Lipinski definition) is 4. The molecular weight excluding hydrogens is 607 g/mol. The van der Waals surface area contributed by atoms with Gasteiger partial charge in [-0.05, 0) is 19.3 Å². The maximum atomic E-state index is 12.4. The summed E-state index contributed by atoms with van der Waals surface area (Å²) in [6.45, 7) is 2.23. The Hall–Kier alpha value is -1.08. The van der Waals surface area contributed by atoms with Crippen molar-refractivity contribution >= 4 is 52.1 Å². The summed E-state index contributed by atoms with van der Waals surface area (Å²) < 4.78 is 24.7. The highest BCUT2D eigenvalue weighted by Crippen LogP contribution is 2.42. The van der Waals surface area contributed by atoms with Gasteiger partial charge in [0.2, 0.25) is 5.95 Å². The Balaban J connectivity index is 1.41. The van der Waals surface area contributed by atoms with Crippen LogP contribution >= 0.6 is 29.2 Å². The fourth-order valence-electron chi connectivity index (χ4n) is 4.68. The number of unbranched alkanes of at least 4 members (excludes halogenated alkanes) is 14. The molecule has 0 aliphatic heterocycles. The molecule has 14 heteroatoms. The van der Waals surface area contributed by atoms with Crippen LogP contribution in [0.5, 0.6) is 0 Å². The van der Waals surface area contributed by atoms with E-state index < -0.39 is 20.0 Å². The lowest BCUT2D eigenvalue weighted by Gasteiger charge is -2.19. The Kier molecular flexibility index (Phi) is 20.6. The number of imidazole rings is 1. The molecule has 2 unspecified atom stereocenters. The highest BCUT2D eigenvalue weighted by molar-refractivity contribution is 8.76. The Bertz CT molecular complexity index is 1050. The van der Waals surface area contributed by atoms with Crippen LogP contribution in [-0.2, 0) is 20.4 Å². The van der Waals surface area contributed by atoms with Gasteiger partial charge in [-0.3, -0.25) is 4.57 Å². The van der Waals surface area contributed by atoms with E-state index in [1.807, 2.05) is 21.6 Å². The lowest BCUT2D eigenvalue weighted by Crippen LogP contribution is -2.25. The average Bonchev–Trinajstić information content (AvgIpc) is 3.38. The zero-order valence-corrected chi connectivity index (χ0v) is 28.6. The monoisotopic (exact) mass is 662 g/mol. The van der Waals surface area contributed by atoms with Crippen LogP contribution in [0.2, 0.25) is 0 Å². The minimum absolute atomic E-state index is 0.00323. The summed E-state index contributed by atoms with van der Waals surface area (Å²) in [7, 11) is -0.163. The van der Waals surface area contributed by atoms with Gasteiger partial charge in [0.15, 0.2) is 11.5 Å². The maximum absolute atomic E-state index is 12.4. The van der Waals surface area contributed by atoms with E-state index in [0.717, 1.165) is 12.2 Å². The van der Waals surface area contributed by atoms with Gasteiger partial charge in [-0.15, -0.1) is 0 Å². The highest BCUT2D eigenvalue weighted by atomic mass is 33.1. The molecule has 0 radical (unpaired) electrons. The number of nitrogens with zero attached hydrogens (tertiary/aromatic N) is 4. The van der Waals surface area contributed by atoms with Crippen molar-refractivity contribution in [2.24, 2.45) is 0 Å². The van der Waals surface area contributed by atoms with Gasteiger partial charge in [0.1, 0.15) is 11.9 Å². The van der Waals surface area contributed by atoms with E-state index in [4.69, 9.17) is 20.7 Å². The van der Waals surface area contributed by atoms with E-state index in [-0.39, 0.29) is 31.5 Å². The van der Waals surface area contributed by atoms with Crippen LogP contribution in [-0.4, -0.2) is 66.7 Å². The fourth-order valence-corrected chi connectivity index (χ4v) is 7.86. The fraction of sp³-hybridized carbons (Fsp3) is 0.828. The molecular formula is C29H55N6O5PS2. The van der Waals surface area contributed by atoms with Crippen LogP contribution in [0.25, 0.3) is 11.2 Å². The first-order valence-electron chi connectivity index (χ1n) is 16.0. The van der Waals surface area contributed by atoms with Crippen LogP contribution in [0.1, 0.15) is 110 Å². The topological polar surface area (TPSA) is 172 Å². The molecule has 2 aromatic rings. The molecule has 0 fully saturated rings. The van der Waals surface area contributed by atoms with Crippen molar-refractivity contribution in [3.63, 3.8) is 0 Å². The average molecular weight is 663 g/mol. The second kappa shape index (κ2) is 23.3. The van der Waals surface area contributed by atoms with Crippen LogP contribution < -0.4 is 11.5 Å². The molecule has 2 aromatic heterocycles. The minimum Gasteiger partial charge on any atom is -0.394 e. The summed E-state index contributed by atoms with van der Waals surface area (Å²) in [4.78, 5) is 22.3. The molecule has 0 aliphatic rings. The summed E-state index contributed by atoms with van der Waals surface area (Å²) in [5.41, 5.74) is 12.3. The van der Waals surface area contributed by atoms with Gasteiger partial charge >= 0.3 is 7.60 Å². The molecule has 0 aliphatic carbocycles. The number of aliphatic hydroxyl groups is 1. The molecule has 248 valence electrons. The predicted octanol–water partition coefficient (Wildman–Crippen LogP) is 7.17. The normalized spacial score (nSPS) is 13.9. The molecule has 0 bridgehead atoms. The summed E-state index contributed by atoms with van der Waals surface area (Å²) in [6, 6.07) is 0. The second-order valence-electron chi connectivity index (χ2n) is 11.1. The van der Waals surface area contributed by atoms with Crippen LogP contribution in [0.15, 0.2) is 6.33 Å². The molecule has 11 nitrogen and oxygen atoms in total. The highest BCUT2D eigenvalue weighted by Gasteiger charge is 2.23. The van der Waals surface area contributed by atoms with Crippen molar-refractivity contribution in [2.45, 2.75) is 122 Å². The van der Waals surface area contributed by atoms with Crippen LogP contribution in [0, 0.1) is 0 Å². The van der Waals surface area contributed by atoms with Crippen molar-refractivity contribution in [2.75, 3.05) is 42.5 Å². The number of nitrogens with two attached hydrogens (primary N) is 2. The van der Waals surface area contributed by atoms with Gasteiger partial charge in [0, 0.05) is 11.5 Å². The molecule has 43 heavy (non-hydrogen) atoms. The number of rotatable bonds is 28. The van der Waals surface area contributed by atoms with Crippen LogP contribution in [0.4, 0.5) is 11.8 Å². The molecule has 2 atom stereocenters. The van der Waals surface area contributed by atoms with Gasteiger partial charge in [-0.25, -0.2) is 4.98 Å². The van der Waals surface area contributed by atoms with E-state index in [9.17, 15) is 14.6 Å². The zero-order valence-electron chi connectivity index (χ0n) is 26.0. The number of nitrogen functional groups attached to an aromatic ring is 2. The molecule has 2 rings (SSSR count). The van der Waals surface area contributed by atoms with Crippen molar-refractivity contribution in [1.82, 2.24) is 19.5 Å².